The van der Waals surface area contributed by atoms with Gasteiger partial charge in [0.25, 0.3) is 0 Å². The van der Waals surface area contributed by atoms with Gasteiger partial charge in [-0.2, -0.15) is 0 Å². The lowest BCUT2D eigenvalue weighted by molar-refractivity contribution is -0.116. The summed E-state index contributed by atoms with van der Waals surface area (Å²) in [6, 6.07) is 15.2. The Morgan fingerprint density at radius 1 is 1.04 bits per heavy atom. The van der Waals surface area contributed by atoms with Crippen LogP contribution >= 0.6 is 11.6 Å². The Bertz CT molecular complexity index is 654. The molecule has 4 nitrogen and oxygen atoms in total. The van der Waals surface area contributed by atoms with Crippen LogP contribution in [0, 0.1) is 0 Å². The van der Waals surface area contributed by atoms with Gasteiger partial charge in [-0.1, -0.05) is 23.7 Å². The van der Waals surface area contributed by atoms with Crippen molar-refractivity contribution in [1.29, 1.82) is 0 Å². The SMILES string of the molecule is CC(C)Oc1ccc(NC(=O)CCNCCc2ccc(Cl)cc2)cc1. The molecule has 25 heavy (non-hydrogen) atoms. The van der Waals surface area contributed by atoms with Gasteiger partial charge in [-0.3, -0.25) is 4.79 Å². The van der Waals surface area contributed by atoms with Crippen molar-refractivity contribution in [3.8, 4) is 5.75 Å². The fourth-order valence-electron chi connectivity index (χ4n) is 2.32. The van der Waals surface area contributed by atoms with Crippen LogP contribution in [0.4, 0.5) is 5.69 Å². The van der Waals surface area contributed by atoms with Crippen LogP contribution in [0.2, 0.25) is 5.02 Å². The normalized spacial score (nSPS) is 10.7. The van der Waals surface area contributed by atoms with E-state index in [-0.39, 0.29) is 12.0 Å². The number of hydrogen-bond acceptors (Lipinski definition) is 3. The van der Waals surface area contributed by atoms with Crippen molar-refractivity contribution in [3.05, 3.63) is 59.1 Å². The molecule has 2 N–H and O–H groups in total. The van der Waals surface area contributed by atoms with Crippen LogP contribution in [0.25, 0.3) is 0 Å². The van der Waals surface area contributed by atoms with E-state index in [9.17, 15) is 4.79 Å². The van der Waals surface area contributed by atoms with Crippen LogP contribution in [0.5, 0.6) is 5.75 Å². The molecule has 0 fully saturated rings. The van der Waals surface area contributed by atoms with Crippen molar-refractivity contribution in [2.24, 2.45) is 0 Å². The van der Waals surface area contributed by atoms with Crippen molar-refractivity contribution < 1.29 is 9.53 Å². The number of halogens is 1. The van der Waals surface area contributed by atoms with Gasteiger partial charge in [0, 0.05) is 23.7 Å². The highest BCUT2D eigenvalue weighted by molar-refractivity contribution is 6.30. The van der Waals surface area contributed by atoms with E-state index in [4.69, 9.17) is 16.3 Å². The van der Waals surface area contributed by atoms with Gasteiger partial charge in [0.1, 0.15) is 5.75 Å². The first kappa shape index (κ1) is 19.3. The molecular formula is C20H25ClN2O2. The zero-order chi connectivity index (χ0) is 18.1. The summed E-state index contributed by atoms with van der Waals surface area (Å²) >= 11 is 5.86. The fourth-order valence-corrected chi connectivity index (χ4v) is 2.45. The van der Waals surface area contributed by atoms with Gasteiger partial charge in [-0.15, -0.1) is 0 Å². The number of carbonyl (C=O) groups is 1. The average Bonchev–Trinajstić information content (AvgIpc) is 2.57. The summed E-state index contributed by atoms with van der Waals surface area (Å²) in [5, 5.41) is 6.92. The maximum atomic E-state index is 11.9. The van der Waals surface area contributed by atoms with Gasteiger partial charge in [0.2, 0.25) is 5.91 Å². The van der Waals surface area contributed by atoms with Gasteiger partial charge < -0.3 is 15.4 Å². The zero-order valence-electron chi connectivity index (χ0n) is 14.7. The minimum Gasteiger partial charge on any atom is -0.491 e. The van der Waals surface area contributed by atoms with Crippen LogP contribution in [0.15, 0.2) is 48.5 Å². The van der Waals surface area contributed by atoms with E-state index in [1.807, 2.05) is 62.4 Å². The number of nitrogens with one attached hydrogen (secondary N) is 2. The zero-order valence-corrected chi connectivity index (χ0v) is 15.5. The summed E-state index contributed by atoms with van der Waals surface area (Å²) in [6.45, 7) is 5.44. The molecule has 0 atom stereocenters. The molecule has 0 heterocycles. The highest BCUT2D eigenvalue weighted by Crippen LogP contribution is 2.17. The molecule has 0 saturated carbocycles. The minimum absolute atomic E-state index is 0.00322. The van der Waals surface area contributed by atoms with Gasteiger partial charge in [-0.05, 0) is 68.8 Å². The van der Waals surface area contributed by atoms with Crippen LogP contribution in [-0.2, 0) is 11.2 Å². The van der Waals surface area contributed by atoms with E-state index in [0.717, 1.165) is 29.4 Å². The Morgan fingerprint density at radius 3 is 2.36 bits per heavy atom. The van der Waals surface area contributed by atoms with E-state index in [0.29, 0.717) is 13.0 Å². The second kappa shape index (κ2) is 10.1. The molecule has 0 radical (unpaired) electrons. The van der Waals surface area contributed by atoms with Crippen LogP contribution in [0.3, 0.4) is 0 Å². The van der Waals surface area contributed by atoms with Crippen LogP contribution in [-0.4, -0.2) is 25.1 Å². The van der Waals surface area contributed by atoms with Crippen molar-refractivity contribution in [1.82, 2.24) is 5.32 Å². The molecule has 0 saturated heterocycles. The molecule has 0 aliphatic rings. The molecule has 5 heteroatoms. The molecule has 2 aromatic rings. The molecule has 0 aromatic heterocycles. The van der Waals surface area contributed by atoms with E-state index < -0.39 is 0 Å². The summed E-state index contributed by atoms with van der Waals surface area (Å²) < 4.78 is 5.58. The number of rotatable bonds is 9. The van der Waals surface area contributed by atoms with E-state index in [2.05, 4.69) is 10.6 Å². The average molecular weight is 361 g/mol. The first-order valence-corrected chi connectivity index (χ1v) is 8.92. The Balaban J connectivity index is 1.62. The number of amides is 1. The molecule has 2 aromatic carbocycles. The topological polar surface area (TPSA) is 50.4 Å². The summed E-state index contributed by atoms with van der Waals surface area (Å²) in [6.07, 6.45) is 1.49. The van der Waals surface area contributed by atoms with Gasteiger partial charge in [0.05, 0.1) is 6.10 Å². The number of anilines is 1. The summed E-state index contributed by atoms with van der Waals surface area (Å²) in [5.74, 6) is 0.799. The number of ether oxygens (including phenoxy) is 1. The molecule has 0 spiro atoms. The van der Waals surface area contributed by atoms with Crippen molar-refractivity contribution >= 4 is 23.2 Å². The first-order chi connectivity index (χ1) is 12.0. The molecule has 0 aliphatic carbocycles. The standard InChI is InChI=1S/C20H25ClN2O2/c1-15(2)25-19-9-7-18(8-10-19)23-20(24)12-14-22-13-11-16-3-5-17(21)6-4-16/h3-10,15,22H,11-14H2,1-2H3,(H,23,24). The van der Waals surface area contributed by atoms with E-state index in [1.54, 1.807) is 0 Å². The quantitative estimate of drug-likeness (QED) is 0.656. The molecule has 0 aliphatic heterocycles. The summed E-state index contributed by atoms with van der Waals surface area (Å²) in [5.41, 5.74) is 2.01. The number of benzene rings is 2. The largest absolute Gasteiger partial charge is 0.491 e. The molecule has 134 valence electrons. The lowest BCUT2D eigenvalue weighted by Gasteiger charge is -2.11. The highest BCUT2D eigenvalue weighted by Gasteiger charge is 2.03. The monoisotopic (exact) mass is 360 g/mol. The predicted octanol–water partition coefficient (Wildman–Crippen LogP) is 4.29. The second-order valence-corrected chi connectivity index (χ2v) is 6.55. The van der Waals surface area contributed by atoms with Crippen molar-refractivity contribution in [3.63, 3.8) is 0 Å². The lowest BCUT2D eigenvalue weighted by Crippen LogP contribution is -2.23. The molecule has 0 unspecified atom stereocenters. The third-order valence-corrected chi connectivity index (χ3v) is 3.79. The Morgan fingerprint density at radius 2 is 1.72 bits per heavy atom. The Hall–Kier alpha value is -2.04. The van der Waals surface area contributed by atoms with E-state index >= 15 is 0 Å². The number of hydrogen-bond donors (Lipinski definition) is 2. The fraction of sp³-hybridized carbons (Fsp3) is 0.350. The van der Waals surface area contributed by atoms with Gasteiger partial charge in [0.15, 0.2) is 0 Å². The third kappa shape index (κ3) is 7.59. The lowest BCUT2D eigenvalue weighted by atomic mass is 10.1. The molecular weight excluding hydrogens is 336 g/mol. The predicted molar refractivity (Wildman–Crippen MR) is 103 cm³/mol. The van der Waals surface area contributed by atoms with Crippen molar-refractivity contribution in [2.45, 2.75) is 32.8 Å². The summed E-state index contributed by atoms with van der Waals surface area (Å²) in [7, 11) is 0. The molecule has 0 bridgehead atoms. The van der Waals surface area contributed by atoms with E-state index in [1.165, 1.54) is 5.56 Å². The third-order valence-electron chi connectivity index (χ3n) is 3.54. The van der Waals surface area contributed by atoms with Crippen LogP contribution in [0.1, 0.15) is 25.8 Å². The first-order valence-electron chi connectivity index (χ1n) is 8.54. The molecule has 2 rings (SSSR count). The van der Waals surface area contributed by atoms with Crippen molar-refractivity contribution in [2.75, 3.05) is 18.4 Å². The van der Waals surface area contributed by atoms with Crippen LogP contribution < -0.4 is 15.4 Å². The maximum Gasteiger partial charge on any atom is 0.225 e. The molecule has 1 amide bonds. The number of carbonyl (C=O) groups excluding carboxylic acids is 1. The Labute approximate surface area is 154 Å². The second-order valence-electron chi connectivity index (χ2n) is 6.12. The van der Waals surface area contributed by atoms with Gasteiger partial charge in [-0.25, -0.2) is 0 Å². The minimum atomic E-state index is -0.00322. The smallest absolute Gasteiger partial charge is 0.225 e. The summed E-state index contributed by atoms with van der Waals surface area (Å²) in [4.78, 5) is 11.9. The maximum absolute atomic E-state index is 11.9. The van der Waals surface area contributed by atoms with Gasteiger partial charge >= 0.3 is 0 Å². The highest BCUT2D eigenvalue weighted by atomic mass is 35.5. The Kier molecular flexibility index (Phi) is 7.76.